The number of likely N-dealkylation sites (tertiary alicyclic amines) is 1. The minimum absolute atomic E-state index is 0.0179. The molecule has 1 heterocycles. The van der Waals surface area contributed by atoms with E-state index in [1.807, 2.05) is 11.2 Å². The number of carbonyl (C=O) groups excluding carboxylic acids is 1. The van der Waals surface area contributed by atoms with Crippen LogP contribution in [0.5, 0.6) is 0 Å². The average molecular weight is 295 g/mol. The van der Waals surface area contributed by atoms with Crippen molar-refractivity contribution in [2.45, 2.75) is 17.6 Å². The van der Waals surface area contributed by atoms with Gasteiger partial charge in [-0.05, 0) is 43.4 Å². The van der Waals surface area contributed by atoms with Crippen molar-refractivity contribution in [2.75, 3.05) is 19.3 Å². The molecule has 100 valence electrons. The Kier molecular flexibility index (Phi) is 4.38. The third kappa shape index (κ3) is 3.05. The second-order valence-electron chi connectivity index (χ2n) is 4.61. The SMILES string of the molecule is CSC1(C#N)CCN(C(=O)c2ccc(Cl)cc2)CC1. The summed E-state index contributed by atoms with van der Waals surface area (Å²) in [6.07, 6.45) is 3.41. The van der Waals surface area contributed by atoms with E-state index in [0.29, 0.717) is 23.7 Å². The summed E-state index contributed by atoms with van der Waals surface area (Å²) in [5.41, 5.74) is 0.651. The van der Waals surface area contributed by atoms with Crippen molar-refractivity contribution >= 4 is 29.3 Å². The van der Waals surface area contributed by atoms with E-state index in [-0.39, 0.29) is 10.7 Å². The molecule has 0 atom stereocenters. The molecule has 0 bridgehead atoms. The second kappa shape index (κ2) is 5.85. The molecule has 0 saturated carbocycles. The van der Waals surface area contributed by atoms with Crippen molar-refractivity contribution in [3.63, 3.8) is 0 Å². The number of thioether (sulfide) groups is 1. The van der Waals surface area contributed by atoms with E-state index >= 15 is 0 Å². The Morgan fingerprint density at radius 3 is 2.42 bits per heavy atom. The lowest BCUT2D eigenvalue weighted by Crippen LogP contribution is -2.44. The zero-order valence-electron chi connectivity index (χ0n) is 10.7. The Labute approximate surface area is 122 Å². The van der Waals surface area contributed by atoms with E-state index in [2.05, 4.69) is 6.07 Å². The van der Waals surface area contributed by atoms with E-state index in [4.69, 9.17) is 11.6 Å². The highest BCUT2D eigenvalue weighted by molar-refractivity contribution is 8.00. The van der Waals surface area contributed by atoms with Crippen LogP contribution in [0.1, 0.15) is 23.2 Å². The largest absolute Gasteiger partial charge is 0.338 e. The summed E-state index contributed by atoms with van der Waals surface area (Å²) < 4.78 is -0.323. The summed E-state index contributed by atoms with van der Waals surface area (Å²) >= 11 is 7.40. The van der Waals surface area contributed by atoms with E-state index in [1.54, 1.807) is 36.0 Å². The summed E-state index contributed by atoms with van der Waals surface area (Å²) in [6, 6.07) is 9.31. The molecule has 1 amide bonds. The summed E-state index contributed by atoms with van der Waals surface area (Å²) in [5, 5.41) is 9.85. The van der Waals surface area contributed by atoms with E-state index < -0.39 is 0 Å². The van der Waals surface area contributed by atoms with Crippen LogP contribution in [-0.4, -0.2) is 34.9 Å². The maximum Gasteiger partial charge on any atom is 0.253 e. The summed E-state index contributed by atoms with van der Waals surface area (Å²) in [6.45, 7) is 1.27. The number of hydrogen-bond acceptors (Lipinski definition) is 3. The molecule has 1 aromatic carbocycles. The van der Waals surface area contributed by atoms with Crippen molar-refractivity contribution in [2.24, 2.45) is 0 Å². The molecule has 1 fully saturated rings. The lowest BCUT2D eigenvalue weighted by molar-refractivity contribution is 0.0716. The van der Waals surface area contributed by atoms with Gasteiger partial charge in [0.15, 0.2) is 0 Å². The molecule has 1 saturated heterocycles. The zero-order chi connectivity index (χ0) is 13.9. The van der Waals surface area contributed by atoms with Gasteiger partial charge in [0.25, 0.3) is 5.91 Å². The van der Waals surface area contributed by atoms with Crippen LogP contribution in [0.3, 0.4) is 0 Å². The fourth-order valence-electron chi connectivity index (χ4n) is 2.21. The molecule has 0 spiro atoms. The summed E-state index contributed by atoms with van der Waals surface area (Å²) in [7, 11) is 0. The number of amides is 1. The quantitative estimate of drug-likeness (QED) is 0.841. The Bertz CT molecular complexity index is 501. The molecule has 0 unspecified atom stereocenters. The van der Waals surface area contributed by atoms with E-state index in [1.165, 1.54) is 0 Å². The molecule has 0 aliphatic carbocycles. The molecular weight excluding hydrogens is 280 g/mol. The van der Waals surface area contributed by atoms with Gasteiger partial charge in [0, 0.05) is 23.7 Å². The normalized spacial score (nSPS) is 17.8. The van der Waals surface area contributed by atoms with Crippen molar-refractivity contribution in [1.29, 1.82) is 5.26 Å². The molecule has 2 rings (SSSR count). The minimum atomic E-state index is -0.323. The van der Waals surface area contributed by atoms with Gasteiger partial charge < -0.3 is 4.90 Å². The number of piperidine rings is 1. The van der Waals surface area contributed by atoms with Crippen molar-refractivity contribution in [3.05, 3.63) is 34.9 Å². The zero-order valence-corrected chi connectivity index (χ0v) is 12.3. The number of nitrogens with zero attached hydrogens (tertiary/aromatic N) is 2. The van der Waals surface area contributed by atoms with Crippen LogP contribution in [0.25, 0.3) is 0 Å². The van der Waals surface area contributed by atoms with Gasteiger partial charge in [-0.3, -0.25) is 4.79 Å². The van der Waals surface area contributed by atoms with Gasteiger partial charge >= 0.3 is 0 Å². The Hall–Kier alpha value is -1.18. The lowest BCUT2D eigenvalue weighted by atomic mass is 9.96. The predicted molar refractivity (Wildman–Crippen MR) is 78.4 cm³/mol. The van der Waals surface area contributed by atoms with Gasteiger partial charge in [0.2, 0.25) is 0 Å². The monoisotopic (exact) mass is 294 g/mol. The lowest BCUT2D eigenvalue weighted by Gasteiger charge is -2.36. The highest BCUT2D eigenvalue weighted by atomic mass is 35.5. The van der Waals surface area contributed by atoms with Crippen molar-refractivity contribution in [3.8, 4) is 6.07 Å². The van der Waals surface area contributed by atoms with Crippen LogP contribution in [0.2, 0.25) is 5.02 Å². The summed E-state index contributed by atoms with van der Waals surface area (Å²) in [5.74, 6) is 0.0179. The molecule has 0 radical (unpaired) electrons. The molecular formula is C14H15ClN2OS. The molecule has 1 aliphatic heterocycles. The highest BCUT2D eigenvalue weighted by Crippen LogP contribution is 2.34. The first-order valence-electron chi connectivity index (χ1n) is 6.11. The first-order valence-corrected chi connectivity index (χ1v) is 7.72. The molecule has 5 heteroatoms. The summed E-state index contributed by atoms with van der Waals surface area (Å²) in [4.78, 5) is 14.1. The van der Waals surface area contributed by atoms with Crippen LogP contribution in [0, 0.1) is 11.3 Å². The van der Waals surface area contributed by atoms with Crippen LogP contribution in [0.4, 0.5) is 0 Å². The Balaban J connectivity index is 2.04. The average Bonchev–Trinajstić information content (AvgIpc) is 2.47. The minimum Gasteiger partial charge on any atom is -0.338 e. The van der Waals surface area contributed by atoms with Crippen molar-refractivity contribution < 1.29 is 4.79 Å². The van der Waals surface area contributed by atoms with Gasteiger partial charge in [0.1, 0.15) is 4.75 Å². The number of carbonyl (C=O) groups is 1. The van der Waals surface area contributed by atoms with Gasteiger partial charge in [-0.1, -0.05) is 11.6 Å². The standard InChI is InChI=1S/C14H15ClN2OS/c1-19-14(10-16)6-8-17(9-7-14)13(18)11-2-4-12(15)5-3-11/h2-5H,6-9H2,1H3. The van der Waals surface area contributed by atoms with Crippen LogP contribution >= 0.6 is 23.4 Å². The Morgan fingerprint density at radius 2 is 1.95 bits per heavy atom. The van der Waals surface area contributed by atoms with Crippen LogP contribution in [0.15, 0.2) is 24.3 Å². The Morgan fingerprint density at radius 1 is 1.37 bits per heavy atom. The fraction of sp³-hybridized carbons (Fsp3) is 0.429. The maximum absolute atomic E-state index is 12.3. The van der Waals surface area contributed by atoms with Gasteiger partial charge in [-0.25, -0.2) is 0 Å². The smallest absolute Gasteiger partial charge is 0.253 e. The highest BCUT2D eigenvalue weighted by Gasteiger charge is 2.35. The number of benzene rings is 1. The maximum atomic E-state index is 12.3. The number of nitriles is 1. The van der Waals surface area contributed by atoms with Gasteiger partial charge in [-0.2, -0.15) is 5.26 Å². The topological polar surface area (TPSA) is 44.1 Å². The number of halogens is 1. The first-order chi connectivity index (χ1) is 9.10. The second-order valence-corrected chi connectivity index (χ2v) is 6.24. The van der Waals surface area contributed by atoms with Crippen molar-refractivity contribution in [1.82, 2.24) is 4.90 Å². The molecule has 0 N–H and O–H groups in total. The molecule has 3 nitrogen and oxygen atoms in total. The van der Waals surface area contributed by atoms with Gasteiger partial charge in [0.05, 0.1) is 6.07 Å². The van der Waals surface area contributed by atoms with Crippen LogP contribution < -0.4 is 0 Å². The first kappa shape index (κ1) is 14.2. The fourth-order valence-corrected chi connectivity index (χ4v) is 3.02. The number of rotatable bonds is 2. The predicted octanol–water partition coefficient (Wildman–Crippen LogP) is 3.20. The third-order valence-electron chi connectivity index (χ3n) is 3.54. The van der Waals surface area contributed by atoms with Gasteiger partial charge in [-0.15, -0.1) is 11.8 Å². The van der Waals surface area contributed by atoms with E-state index in [9.17, 15) is 10.1 Å². The molecule has 19 heavy (non-hydrogen) atoms. The van der Waals surface area contributed by atoms with E-state index in [0.717, 1.165) is 12.8 Å². The van der Waals surface area contributed by atoms with Crippen LogP contribution in [-0.2, 0) is 0 Å². The molecule has 1 aliphatic rings. The number of hydrogen-bond donors (Lipinski definition) is 0. The molecule has 1 aromatic rings. The molecule has 0 aromatic heterocycles. The third-order valence-corrected chi connectivity index (χ3v) is 5.08.